The van der Waals surface area contributed by atoms with Crippen LogP contribution in [0.15, 0.2) is 67.0 Å². The predicted molar refractivity (Wildman–Crippen MR) is 139 cm³/mol. The average Bonchev–Trinajstić information content (AvgIpc) is 3.30. The number of nitriles is 1. The zero-order chi connectivity index (χ0) is 25.7. The molecule has 4 N–H and O–H groups in total. The lowest BCUT2D eigenvalue weighted by Crippen LogP contribution is -2.37. The van der Waals surface area contributed by atoms with E-state index in [4.69, 9.17) is 10.5 Å². The van der Waals surface area contributed by atoms with Crippen molar-refractivity contribution in [3.05, 3.63) is 83.7 Å². The van der Waals surface area contributed by atoms with Gasteiger partial charge in [-0.2, -0.15) is 5.26 Å². The first-order valence-corrected chi connectivity index (χ1v) is 11.8. The highest BCUT2D eigenvalue weighted by Crippen LogP contribution is 2.23. The monoisotopic (exact) mass is 483 g/mol. The lowest BCUT2D eigenvalue weighted by atomic mass is 10.0. The number of hydrogen-bond donors (Lipinski definition) is 3. The molecule has 1 amide bonds. The molecule has 0 aliphatic carbocycles. The number of aromatic nitrogens is 2. The first-order valence-electron chi connectivity index (χ1n) is 11.8. The van der Waals surface area contributed by atoms with Crippen LogP contribution >= 0.6 is 0 Å². The van der Waals surface area contributed by atoms with Gasteiger partial charge in [-0.3, -0.25) is 4.79 Å². The minimum absolute atomic E-state index is 0.0592. The molecule has 1 unspecified atom stereocenters. The highest BCUT2D eigenvalue weighted by atomic mass is 16.5. The zero-order valence-corrected chi connectivity index (χ0v) is 20.3. The van der Waals surface area contributed by atoms with Gasteiger partial charge in [0.25, 0.3) is 5.91 Å². The largest absolute Gasteiger partial charge is 0.490 e. The summed E-state index contributed by atoms with van der Waals surface area (Å²) in [5.74, 6) is 0.143. The third kappa shape index (κ3) is 5.65. The van der Waals surface area contributed by atoms with Crippen molar-refractivity contribution in [2.24, 2.45) is 0 Å². The Balaban J connectivity index is 1.46. The van der Waals surface area contributed by atoms with Crippen molar-refractivity contribution >= 4 is 17.2 Å². The molecule has 4 rings (SSSR count). The summed E-state index contributed by atoms with van der Waals surface area (Å²) in [5.41, 5.74) is 10.8. The van der Waals surface area contributed by atoms with Crippen molar-refractivity contribution in [1.82, 2.24) is 14.7 Å². The zero-order valence-electron chi connectivity index (χ0n) is 20.3. The molecule has 0 radical (unpaired) electrons. The first kappa shape index (κ1) is 24.8. The molecule has 184 valence electrons. The van der Waals surface area contributed by atoms with Gasteiger partial charge in [-0.1, -0.05) is 24.3 Å². The smallest absolute Gasteiger partial charge is 0.251 e. The Labute approximate surface area is 210 Å². The maximum atomic E-state index is 12.9. The molecule has 2 heterocycles. The van der Waals surface area contributed by atoms with Gasteiger partial charge in [-0.05, 0) is 62.6 Å². The third-order valence-electron chi connectivity index (χ3n) is 5.78. The van der Waals surface area contributed by atoms with Gasteiger partial charge in [0.2, 0.25) is 0 Å². The molecule has 2 aromatic heterocycles. The van der Waals surface area contributed by atoms with E-state index in [0.29, 0.717) is 41.1 Å². The van der Waals surface area contributed by atoms with E-state index in [1.807, 2.05) is 67.0 Å². The van der Waals surface area contributed by atoms with E-state index in [1.54, 1.807) is 12.1 Å². The number of hydrogen-bond acceptors (Lipinski definition) is 6. The number of aliphatic hydroxyl groups is 1. The lowest BCUT2D eigenvalue weighted by Gasteiger charge is -2.19. The summed E-state index contributed by atoms with van der Waals surface area (Å²) in [4.78, 5) is 17.5. The number of ether oxygens (including phenoxy) is 1. The van der Waals surface area contributed by atoms with Gasteiger partial charge in [0.15, 0.2) is 5.65 Å². The summed E-state index contributed by atoms with van der Waals surface area (Å²) in [6, 6.07) is 18.3. The summed E-state index contributed by atoms with van der Waals surface area (Å²) in [7, 11) is 0. The quantitative estimate of drug-likeness (QED) is 0.331. The molecule has 8 heteroatoms. The van der Waals surface area contributed by atoms with E-state index in [2.05, 4.69) is 16.4 Å². The number of imidazole rings is 1. The molecular weight excluding hydrogens is 454 g/mol. The van der Waals surface area contributed by atoms with Crippen LogP contribution in [0.1, 0.15) is 41.8 Å². The molecule has 0 bridgehead atoms. The fourth-order valence-corrected chi connectivity index (χ4v) is 4.04. The number of amides is 1. The van der Waals surface area contributed by atoms with Crippen LogP contribution in [0.2, 0.25) is 0 Å². The lowest BCUT2D eigenvalue weighted by molar-refractivity contribution is 0.0930. The highest BCUT2D eigenvalue weighted by Gasteiger charge is 2.17. The number of anilines is 1. The van der Waals surface area contributed by atoms with Gasteiger partial charge in [-0.15, -0.1) is 0 Å². The van der Waals surface area contributed by atoms with Crippen LogP contribution in [0.5, 0.6) is 5.75 Å². The van der Waals surface area contributed by atoms with Gasteiger partial charge in [0.05, 0.1) is 23.0 Å². The number of rotatable bonds is 9. The Morgan fingerprint density at radius 2 is 2.00 bits per heavy atom. The van der Waals surface area contributed by atoms with Crippen molar-refractivity contribution in [2.75, 3.05) is 12.3 Å². The Kier molecular flexibility index (Phi) is 7.52. The van der Waals surface area contributed by atoms with E-state index in [1.165, 1.54) is 6.07 Å². The number of benzene rings is 2. The second-order valence-corrected chi connectivity index (χ2v) is 8.89. The maximum Gasteiger partial charge on any atom is 0.251 e. The number of nitrogen functional groups attached to an aromatic ring is 1. The average molecular weight is 484 g/mol. The summed E-state index contributed by atoms with van der Waals surface area (Å²) >= 11 is 0. The number of nitrogens with one attached hydrogen (secondary N) is 1. The highest BCUT2D eigenvalue weighted by molar-refractivity contribution is 5.95. The van der Waals surface area contributed by atoms with Gasteiger partial charge < -0.3 is 25.3 Å². The van der Waals surface area contributed by atoms with E-state index in [0.717, 1.165) is 16.8 Å². The van der Waals surface area contributed by atoms with E-state index in [9.17, 15) is 15.2 Å². The SMILES string of the molecule is CC(C)Oc1ccc(C(=O)NC(CCO)Cc2ccc(-c3cn4cccc(N)c4n3)cc2)cc1C#N. The number of aliphatic hydroxyl groups excluding tert-OH is 1. The van der Waals surface area contributed by atoms with Gasteiger partial charge >= 0.3 is 0 Å². The van der Waals surface area contributed by atoms with E-state index in [-0.39, 0.29) is 24.7 Å². The number of pyridine rings is 1. The van der Waals surface area contributed by atoms with Crippen LogP contribution in [-0.2, 0) is 6.42 Å². The normalized spacial score (nSPS) is 11.9. The second-order valence-electron chi connectivity index (χ2n) is 8.89. The fourth-order valence-electron chi connectivity index (χ4n) is 4.04. The van der Waals surface area contributed by atoms with Crippen molar-refractivity contribution in [3.8, 4) is 23.1 Å². The van der Waals surface area contributed by atoms with Gasteiger partial charge in [-0.25, -0.2) is 4.98 Å². The summed E-state index contributed by atoms with van der Waals surface area (Å²) in [5, 5.41) is 22.0. The Morgan fingerprint density at radius 3 is 2.67 bits per heavy atom. The van der Waals surface area contributed by atoms with Crippen LogP contribution < -0.4 is 15.8 Å². The Morgan fingerprint density at radius 1 is 1.22 bits per heavy atom. The number of carbonyl (C=O) groups excluding carboxylic acids is 1. The summed E-state index contributed by atoms with van der Waals surface area (Å²) < 4.78 is 7.53. The maximum absolute atomic E-state index is 12.9. The molecule has 1 atom stereocenters. The molecule has 2 aromatic carbocycles. The van der Waals surface area contributed by atoms with Crippen LogP contribution in [0, 0.1) is 11.3 Å². The Hall–Kier alpha value is -4.35. The summed E-state index contributed by atoms with van der Waals surface area (Å²) in [6.07, 6.45) is 4.71. The van der Waals surface area contributed by atoms with Crippen LogP contribution in [0.25, 0.3) is 16.9 Å². The fraction of sp³-hybridized carbons (Fsp3) is 0.250. The van der Waals surface area contributed by atoms with E-state index < -0.39 is 0 Å². The minimum Gasteiger partial charge on any atom is -0.490 e. The molecule has 8 nitrogen and oxygen atoms in total. The van der Waals surface area contributed by atoms with Gasteiger partial charge in [0.1, 0.15) is 11.8 Å². The molecule has 0 fully saturated rings. The number of nitrogens with zero attached hydrogens (tertiary/aromatic N) is 3. The van der Waals surface area contributed by atoms with Crippen LogP contribution in [0.4, 0.5) is 5.69 Å². The molecule has 0 aliphatic rings. The van der Waals surface area contributed by atoms with Crippen molar-refractivity contribution < 1.29 is 14.6 Å². The third-order valence-corrected chi connectivity index (χ3v) is 5.78. The molecule has 36 heavy (non-hydrogen) atoms. The molecule has 0 aliphatic heterocycles. The van der Waals surface area contributed by atoms with Crippen molar-refractivity contribution in [2.45, 2.75) is 38.8 Å². The molecule has 4 aromatic rings. The second kappa shape index (κ2) is 10.9. The number of carbonyl (C=O) groups is 1. The molecule has 0 saturated carbocycles. The minimum atomic E-state index is -0.306. The van der Waals surface area contributed by atoms with Crippen molar-refractivity contribution in [3.63, 3.8) is 0 Å². The predicted octanol–water partition coefficient (Wildman–Crippen LogP) is 3.97. The Bertz CT molecular complexity index is 1400. The van der Waals surface area contributed by atoms with Gasteiger partial charge in [0, 0.05) is 36.2 Å². The summed E-state index contributed by atoms with van der Waals surface area (Å²) in [6.45, 7) is 3.69. The van der Waals surface area contributed by atoms with Crippen molar-refractivity contribution in [1.29, 1.82) is 5.26 Å². The molecule has 0 spiro atoms. The first-order chi connectivity index (χ1) is 17.4. The molecule has 0 saturated heterocycles. The number of nitrogens with two attached hydrogens (primary N) is 1. The van der Waals surface area contributed by atoms with E-state index >= 15 is 0 Å². The topological polar surface area (TPSA) is 126 Å². The van der Waals surface area contributed by atoms with Crippen LogP contribution in [-0.4, -0.2) is 39.2 Å². The molecular formula is C28H29N5O3. The standard InChI is InChI=1S/C28H29N5O3/c1-18(2)36-26-10-9-21(15-22(26)16-29)28(35)31-23(11-13-34)14-19-5-7-20(8-6-19)25-17-33-12-3-4-24(30)27(33)32-25/h3-10,12,15,17-18,23,34H,11,13-14,30H2,1-2H3,(H,31,35). The number of fused-ring (bicyclic) bond motifs is 1. The van der Waals surface area contributed by atoms with Crippen LogP contribution in [0.3, 0.4) is 0 Å².